The molecule has 13 nitrogen and oxygen atoms in total. The monoisotopic (exact) mass is 566 g/mol. The third kappa shape index (κ3) is 16.0. The highest BCUT2D eigenvalue weighted by molar-refractivity contribution is 5.93. The lowest BCUT2D eigenvalue weighted by Gasteiger charge is -2.26. The summed E-state index contributed by atoms with van der Waals surface area (Å²) in [5, 5.41) is 7.48. The van der Waals surface area contributed by atoms with Crippen molar-refractivity contribution in [3.63, 3.8) is 0 Å². The van der Waals surface area contributed by atoms with Gasteiger partial charge in [0.05, 0.1) is 59.3 Å². The molecule has 0 fully saturated rings. The van der Waals surface area contributed by atoms with Crippen LogP contribution in [0.5, 0.6) is 0 Å². The highest BCUT2D eigenvalue weighted by Gasteiger charge is 2.17. The molecule has 13 heteroatoms. The van der Waals surface area contributed by atoms with Crippen LogP contribution in [0.1, 0.15) is 42.1 Å². The average Bonchev–Trinajstić information content (AvgIpc) is 2.94. The molecule has 1 unspecified atom stereocenters. The van der Waals surface area contributed by atoms with E-state index in [-0.39, 0.29) is 37.3 Å². The zero-order chi connectivity index (χ0) is 29.4. The Morgan fingerprint density at radius 2 is 1.48 bits per heavy atom. The molecule has 0 saturated carbocycles. The van der Waals surface area contributed by atoms with E-state index in [0.29, 0.717) is 95.4 Å². The lowest BCUT2D eigenvalue weighted by molar-refractivity contribution is -0.125. The number of nitrogens with zero attached hydrogens (tertiary/aromatic N) is 1. The van der Waals surface area contributed by atoms with Crippen molar-refractivity contribution >= 4 is 36.6 Å². The highest BCUT2D eigenvalue weighted by Crippen LogP contribution is 2.22. The summed E-state index contributed by atoms with van der Waals surface area (Å²) in [7, 11) is 1.86. The van der Waals surface area contributed by atoms with Crippen molar-refractivity contribution in [3.05, 3.63) is 29.3 Å². The summed E-state index contributed by atoms with van der Waals surface area (Å²) in [5.74, 6) is -0.595. The molecule has 40 heavy (non-hydrogen) atoms. The van der Waals surface area contributed by atoms with Gasteiger partial charge in [-0.1, -0.05) is 12.1 Å². The molecule has 4 amide bonds. The van der Waals surface area contributed by atoms with E-state index in [1.165, 1.54) is 0 Å². The predicted octanol–water partition coefficient (Wildman–Crippen LogP) is 0.513. The summed E-state index contributed by atoms with van der Waals surface area (Å²) in [6, 6.07) is 5.11. The summed E-state index contributed by atoms with van der Waals surface area (Å²) in [6.07, 6.45) is 2.58. The van der Waals surface area contributed by atoms with E-state index in [1.807, 2.05) is 18.9 Å². The molecule has 0 aliphatic carbocycles. The van der Waals surface area contributed by atoms with Crippen LogP contribution in [0.25, 0.3) is 0 Å². The number of imide groups is 1. The minimum Gasteiger partial charge on any atom is -0.379 e. The quantitative estimate of drug-likeness (QED) is 0.112. The molecular weight excluding hydrogens is 524 g/mol. The van der Waals surface area contributed by atoms with Crippen LogP contribution >= 0.6 is 0 Å². The van der Waals surface area contributed by atoms with E-state index in [2.05, 4.69) is 16.0 Å². The van der Waals surface area contributed by atoms with Gasteiger partial charge < -0.3 is 29.6 Å². The van der Waals surface area contributed by atoms with Crippen LogP contribution in [0.2, 0.25) is 0 Å². The van der Waals surface area contributed by atoms with Gasteiger partial charge in [-0.15, -0.1) is 0 Å². The number of amides is 4. The third-order valence-corrected chi connectivity index (χ3v) is 5.85. The number of nitrogens with one attached hydrogen (secondary N) is 3. The molecule has 1 aromatic carbocycles. The fourth-order valence-corrected chi connectivity index (χ4v) is 3.44. The van der Waals surface area contributed by atoms with E-state index >= 15 is 0 Å². The topological polar surface area (TPSA) is 162 Å². The van der Waals surface area contributed by atoms with Crippen molar-refractivity contribution in [1.82, 2.24) is 15.5 Å². The third-order valence-electron chi connectivity index (χ3n) is 5.85. The summed E-state index contributed by atoms with van der Waals surface area (Å²) in [5.41, 5.74) is 1.68. The second kappa shape index (κ2) is 22.6. The Morgan fingerprint density at radius 1 is 0.850 bits per heavy atom. The summed E-state index contributed by atoms with van der Waals surface area (Å²) >= 11 is 0. The SMILES string of the molecule is CC(CCC(=O)NC=O)N(C)Cc1c(C=O)cccc1NC(=O)CCOCCOCCOCCOCCNC=O. The van der Waals surface area contributed by atoms with E-state index in [1.54, 1.807) is 18.2 Å². The molecule has 0 radical (unpaired) electrons. The van der Waals surface area contributed by atoms with Crippen molar-refractivity contribution in [2.75, 3.05) is 71.8 Å². The average molecular weight is 567 g/mol. The molecular formula is C27H42N4O9. The van der Waals surface area contributed by atoms with Crippen molar-refractivity contribution in [3.8, 4) is 0 Å². The van der Waals surface area contributed by atoms with Crippen LogP contribution in [-0.2, 0) is 44.7 Å². The normalized spacial score (nSPS) is 11.6. The predicted molar refractivity (Wildman–Crippen MR) is 147 cm³/mol. The molecule has 0 saturated heterocycles. The maximum absolute atomic E-state index is 12.5. The first-order chi connectivity index (χ1) is 19.4. The lowest BCUT2D eigenvalue weighted by Crippen LogP contribution is -2.31. The van der Waals surface area contributed by atoms with Gasteiger partial charge in [-0.05, 0) is 26.5 Å². The molecule has 3 N–H and O–H groups in total. The fourth-order valence-electron chi connectivity index (χ4n) is 3.44. The van der Waals surface area contributed by atoms with Gasteiger partial charge in [0.2, 0.25) is 24.6 Å². The zero-order valence-electron chi connectivity index (χ0n) is 23.4. The van der Waals surface area contributed by atoms with Gasteiger partial charge in [-0.3, -0.25) is 34.2 Å². The number of rotatable bonds is 25. The molecule has 1 aromatic rings. The Bertz CT molecular complexity index is 901. The van der Waals surface area contributed by atoms with Gasteiger partial charge in [0.15, 0.2) is 0 Å². The van der Waals surface area contributed by atoms with E-state index in [9.17, 15) is 24.0 Å². The molecule has 0 heterocycles. The van der Waals surface area contributed by atoms with Crippen molar-refractivity contribution in [2.45, 2.75) is 38.8 Å². The van der Waals surface area contributed by atoms with Crippen LogP contribution in [0, 0.1) is 0 Å². The van der Waals surface area contributed by atoms with Gasteiger partial charge in [0.1, 0.15) is 6.29 Å². The van der Waals surface area contributed by atoms with Crippen molar-refractivity contribution in [1.29, 1.82) is 0 Å². The first-order valence-electron chi connectivity index (χ1n) is 13.2. The largest absolute Gasteiger partial charge is 0.379 e. The molecule has 224 valence electrons. The minimum absolute atomic E-state index is 0.0143. The summed E-state index contributed by atoms with van der Waals surface area (Å²) < 4.78 is 21.5. The number of anilines is 1. The maximum atomic E-state index is 12.5. The summed E-state index contributed by atoms with van der Waals surface area (Å²) in [6.45, 7) is 5.84. The number of benzene rings is 1. The van der Waals surface area contributed by atoms with Gasteiger partial charge in [-0.2, -0.15) is 0 Å². The Hall–Kier alpha value is -3.23. The number of carbonyl (C=O) groups excluding carboxylic acids is 5. The molecule has 1 atom stereocenters. The number of aldehydes is 1. The molecule has 0 aliphatic rings. The van der Waals surface area contributed by atoms with Crippen molar-refractivity contribution < 1.29 is 42.9 Å². The van der Waals surface area contributed by atoms with E-state index < -0.39 is 0 Å². The second-order valence-electron chi connectivity index (χ2n) is 8.80. The Kier molecular flexibility index (Phi) is 19.6. The zero-order valence-corrected chi connectivity index (χ0v) is 23.4. The number of ether oxygens (including phenoxy) is 4. The highest BCUT2D eigenvalue weighted by atomic mass is 16.6. The fraction of sp³-hybridized carbons (Fsp3) is 0.593. The molecule has 1 rings (SSSR count). The first-order valence-corrected chi connectivity index (χ1v) is 13.2. The number of carbonyl (C=O) groups is 5. The second-order valence-corrected chi connectivity index (χ2v) is 8.80. The number of hydrogen-bond donors (Lipinski definition) is 3. The van der Waals surface area contributed by atoms with E-state index in [4.69, 9.17) is 18.9 Å². The Morgan fingerprint density at radius 3 is 2.08 bits per heavy atom. The van der Waals surface area contributed by atoms with E-state index in [0.717, 1.165) is 6.29 Å². The maximum Gasteiger partial charge on any atom is 0.226 e. The molecule has 0 aliphatic heterocycles. The van der Waals surface area contributed by atoms with Gasteiger partial charge in [0, 0.05) is 42.4 Å². The smallest absolute Gasteiger partial charge is 0.226 e. The van der Waals surface area contributed by atoms with Crippen LogP contribution < -0.4 is 16.0 Å². The van der Waals surface area contributed by atoms with Crippen LogP contribution in [-0.4, -0.2) is 108 Å². The lowest BCUT2D eigenvalue weighted by atomic mass is 10.0. The minimum atomic E-state index is -0.348. The Balaban J connectivity index is 2.30. The van der Waals surface area contributed by atoms with Crippen LogP contribution in [0.4, 0.5) is 5.69 Å². The molecule has 0 bridgehead atoms. The van der Waals surface area contributed by atoms with Gasteiger partial charge in [0.25, 0.3) is 0 Å². The molecule has 0 aromatic heterocycles. The van der Waals surface area contributed by atoms with Crippen LogP contribution in [0.15, 0.2) is 18.2 Å². The first kappa shape index (κ1) is 34.8. The Labute approximate surface area is 235 Å². The van der Waals surface area contributed by atoms with Crippen molar-refractivity contribution in [2.24, 2.45) is 0 Å². The summed E-state index contributed by atoms with van der Waals surface area (Å²) in [4.78, 5) is 58.2. The molecule has 0 spiro atoms. The number of hydrogen-bond acceptors (Lipinski definition) is 10. The van der Waals surface area contributed by atoms with Crippen LogP contribution in [0.3, 0.4) is 0 Å². The van der Waals surface area contributed by atoms with Gasteiger partial charge in [-0.25, -0.2) is 0 Å². The van der Waals surface area contributed by atoms with Gasteiger partial charge >= 0.3 is 0 Å². The standard InChI is InChI=1S/C27H42N4O9/c1-22(6-7-26(35)29-21-34)31(2)18-24-23(19-32)4-3-5-25(24)30-27(36)8-10-37-12-14-39-16-17-40-15-13-38-11-9-28-20-33/h3-5,19-22H,6-18H2,1-2H3,(H,28,33)(H,30,36)(H,29,34,35).